The summed E-state index contributed by atoms with van der Waals surface area (Å²) in [6.07, 6.45) is 0.408. The highest BCUT2D eigenvalue weighted by atomic mass is 32.1. The summed E-state index contributed by atoms with van der Waals surface area (Å²) < 4.78 is 12.6. The molecule has 3 rings (SSSR count). The first kappa shape index (κ1) is 14.1. The van der Waals surface area contributed by atoms with Gasteiger partial charge in [0.15, 0.2) is 0 Å². The first-order valence-corrected chi connectivity index (χ1v) is 7.88. The first-order valence-electron chi connectivity index (χ1n) is 7.00. The van der Waals surface area contributed by atoms with Crippen molar-refractivity contribution in [2.24, 2.45) is 0 Å². The lowest BCUT2D eigenvalue weighted by atomic mass is 10.2. The summed E-state index contributed by atoms with van der Waals surface area (Å²) >= 11 is 1.73. The highest BCUT2D eigenvalue weighted by Gasteiger charge is 2.13. The molecule has 0 saturated carbocycles. The van der Waals surface area contributed by atoms with Gasteiger partial charge in [-0.2, -0.15) is 0 Å². The van der Waals surface area contributed by atoms with Crippen molar-refractivity contribution in [2.45, 2.75) is 26.8 Å². The van der Waals surface area contributed by atoms with Crippen LogP contribution in [0.3, 0.4) is 0 Å². The van der Waals surface area contributed by atoms with Gasteiger partial charge in [-0.05, 0) is 36.9 Å². The molecule has 0 aliphatic rings. The Morgan fingerprint density at radius 2 is 2.24 bits per heavy atom. The van der Waals surface area contributed by atoms with Crippen LogP contribution in [0.5, 0.6) is 0 Å². The van der Waals surface area contributed by atoms with Gasteiger partial charge >= 0.3 is 0 Å². The van der Waals surface area contributed by atoms with Gasteiger partial charge in [0.2, 0.25) is 0 Å². The molecule has 3 aromatic rings. The number of aromatic nitrogens is 2. The average Bonchev–Trinajstić information content (AvgIpc) is 3.07. The number of halogens is 1. The maximum Gasteiger partial charge on any atom is 0.0949 e. The predicted molar refractivity (Wildman–Crippen MR) is 86.9 cm³/mol. The molecule has 0 aromatic carbocycles. The number of pyridine rings is 1. The Morgan fingerprint density at radius 1 is 1.38 bits per heavy atom. The van der Waals surface area contributed by atoms with Crippen LogP contribution >= 0.6 is 11.3 Å². The number of anilines is 1. The molecule has 0 fully saturated rings. The van der Waals surface area contributed by atoms with Crippen LogP contribution in [0.2, 0.25) is 0 Å². The number of nitrogens with zero attached hydrogens (tertiary/aromatic N) is 1. The van der Waals surface area contributed by atoms with Crippen molar-refractivity contribution in [3.63, 3.8) is 0 Å². The Bertz CT molecular complexity index is 747. The van der Waals surface area contributed by atoms with E-state index in [0.29, 0.717) is 6.42 Å². The van der Waals surface area contributed by atoms with E-state index in [1.165, 1.54) is 4.88 Å². The number of hydrogen-bond donors (Lipinski definition) is 2. The topological polar surface area (TPSA) is 40.7 Å². The minimum Gasteiger partial charge on any atom is -0.378 e. The number of thiophene rings is 1. The molecule has 3 nitrogen and oxygen atoms in total. The minimum atomic E-state index is -0.357. The van der Waals surface area contributed by atoms with Crippen LogP contribution in [0, 0.1) is 13.8 Å². The van der Waals surface area contributed by atoms with Gasteiger partial charge in [-0.1, -0.05) is 6.07 Å². The zero-order valence-corrected chi connectivity index (χ0v) is 13.0. The Hall–Kier alpha value is -1.88. The third-order valence-electron chi connectivity index (χ3n) is 3.61. The van der Waals surface area contributed by atoms with Crippen LogP contribution in [0.1, 0.15) is 21.8 Å². The van der Waals surface area contributed by atoms with E-state index in [9.17, 15) is 4.39 Å². The summed E-state index contributed by atoms with van der Waals surface area (Å²) in [5, 5.41) is 5.53. The fourth-order valence-electron chi connectivity index (χ4n) is 2.54. The van der Waals surface area contributed by atoms with Crippen molar-refractivity contribution < 1.29 is 4.39 Å². The molecule has 0 amide bonds. The lowest BCUT2D eigenvalue weighted by Crippen LogP contribution is -1.99. The molecule has 2 N–H and O–H groups in total. The largest absolute Gasteiger partial charge is 0.378 e. The van der Waals surface area contributed by atoms with E-state index in [1.54, 1.807) is 11.3 Å². The molecule has 110 valence electrons. The van der Waals surface area contributed by atoms with Crippen molar-refractivity contribution in [3.05, 3.63) is 45.4 Å². The molecule has 3 heterocycles. The zero-order valence-electron chi connectivity index (χ0n) is 12.2. The van der Waals surface area contributed by atoms with Gasteiger partial charge < -0.3 is 10.3 Å². The van der Waals surface area contributed by atoms with E-state index >= 15 is 0 Å². The smallest absolute Gasteiger partial charge is 0.0949 e. The molecule has 21 heavy (non-hydrogen) atoms. The molecule has 0 saturated heterocycles. The summed E-state index contributed by atoms with van der Waals surface area (Å²) in [5.74, 6) is 0. The second-order valence-corrected chi connectivity index (χ2v) is 6.17. The second-order valence-electron chi connectivity index (χ2n) is 5.14. The van der Waals surface area contributed by atoms with Gasteiger partial charge in [0.1, 0.15) is 0 Å². The molecule has 0 atom stereocenters. The molecule has 0 unspecified atom stereocenters. The van der Waals surface area contributed by atoms with Crippen LogP contribution < -0.4 is 5.32 Å². The van der Waals surface area contributed by atoms with Gasteiger partial charge in [-0.3, -0.25) is 9.37 Å². The summed E-state index contributed by atoms with van der Waals surface area (Å²) in [5.41, 5.74) is 5.88. The number of fused-ring (bicyclic) bond motifs is 1. The van der Waals surface area contributed by atoms with E-state index in [2.05, 4.69) is 26.7 Å². The molecule has 0 aliphatic heterocycles. The molecule has 0 radical (unpaired) electrons. The number of rotatable bonds is 5. The molecule has 0 bridgehead atoms. The molecule has 3 aromatic heterocycles. The Balaban J connectivity index is 1.98. The van der Waals surface area contributed by atoms with E-state index in [1.807, 2.05) is 26.0 Å². The van der Waals surface area contributed by atoms with E-state index in [-0.39, 0.29) is 6.67 Å². The van der Waals surface area contributed by atoms with Crippen LogP contribution in [0.25, 0.3) is 11.0 Å². The summed E-state index contributed by atoms with van der Waals surface area (Å²) in [7, 11) is 0. The standard InChI is InChI=1S/C16H18FN3S/c1-10-8-14(18-9-12-4-3-7-21-12)16-15(19-10)11(2)13(20-16)5-6-17/h3-4,7-8,20H,5-6,9H2,1-2H3,(H,18,19). The van der Waals surface area contributed by atoms with Crippen LogP contribution in [-0.4, -0.2) is 16.6 Å². The van der Waals surface area contributed by atoms with E-state index in [0.717, 1.165) is 40.2 Å². The minimum absolute atomic E-state index is 0.357. The molecular weight excluding hydrogens is 285 g/mol. The number of H-pyrrole nitrogens is 1. The SMILES string of the molecule is Cc1cc(NCc2cccs2)c2[nH]c(CCF)c(C)c2n1. The number of nitrogens with one attached hydrogen (secondary N) is 2. The average molecular weight is 303 g/mol. The molecule has 0 spiro atoms. The fraction of sp³-hybridized carbons (Fsp3) is 0.312. The summed E-state index contributed by atoms with van der Waals surface area (Å²) in [6, 6.07) is 6.19. The maximum atomic E-state index is 12.6. The quantitative estimate of drug-likeness (QED) is 0.735. The Morgan fingerprint density at radius 3 is 2.95 bits per heavy atom. The van der Waals surface area contributed by atoms with Gasteiger partial charge in [0.05, 0.1) is 23.4 Å². The van der Waals surface area contributed by atoms with Crippen LogP contribution in [-0.2, 0) is 13.0 Å². The third-order valence-corrected chi connectivity index (χ3v) is 4.49. The normalized spacial score (nSPS) is 11.2. The number of alkyl halides is 1. The van der Waals surface area contributed by atoms with E-state index in [4.69, 9.17) is 0 Å². The van der Waals surface area contributed by atoms with Crippen LogP contribution in [0.4, 0.5) is 10.1 Å². The van der Waals surface area contributed by atoms with Crippen molar-refractivity contribution in [1.82, 2.24) is 9.97 Å². The summed E-state index contributed by atoms with van der Waals surface area (Å²) in [6.45, 7) is 4.41. The van der Waals surface area contributed by atoms with Gasteiger partial charge in [0, 0.05) is 29.2 Å². The number of hydrogen-bond acceptors (Lipinski definition) is 3. The fourth-order valence-corrected chi connectivity index (χ4v) is 3.18. The maximum absolute atomic E-state index is 12.6. The zero-order chi connectivity index (χ0) is 14.8. The predicted octanol–water partition coefficient (Wildman–Crippen LogP) is 4.37. The highest BCUT2D eigenvalue weighted by molar-refractivity contribution is 7.09. The Kier molecular flexibility index (Phi) is 3.92. The molecule has 5 heteroatoms. The van der Waals surface area contributed by atoms with Crippen molar-refractivity contribution in [1.29, 1.82) is 0 Å². The highest BCUT2D eigenvalue weighted by Crippen LogP contribution is 2.28. The summed E-state index contributed by atoms with van der Waals surface area (Å²) in [4.78, 5) is 9.20. The number of aryl methyl sites for hydroxylation is 3. The van der Waals surface area contributed by atoms with Gasteiger partial charge in [-0.15, -0.1) is 11.3 Å². The first-order chi connectivity index (χ1) is 10.2. The van der Waals surface area contributed by atoms with Gasteiger partial charge in [-0.25, -0.2) is 0 Å². The molecular formula is C16H18FN3S. The monoisotopic (exact) mass is 303 g/mol. The van der Waals surface area contributed by atoms with Crippen molar-refractivity contribution >= 4 is 28.1 Å². The van der Waals surface area contributed by atoms with Crippen LogP contribution in [0.15, 0.2) is 23.6 Å². The lowest BCUT2D eigenvalue weighted by molar-refractivity contribution is 0.492. The third kappa shape index (κ3) is 2.78. The molecule has 0 aliphatic carbocycles. The van der Waals surface area contributed by atoms with Crippen molar-refractivity contribution in [2.75, 3.05) is 12.0 Å². The second kappa shape index (κ2) is 5.85. The Labute approximate surface area is 127 Å². The van der Waals surface area contributed by atoms with E-state index < -0.39 is 0 Å². The van der Waals surface area contributed by atoms with Gasteiger partial charge in [0.25, 0.3) is 0 Å². The lowest BCUT2D eigenvalue weighted by Gasteiger charge is -2.07. The van der Waals surface area contributed by atoms with Crippen molar-refractivity contribution in [3.8, 4) is 0 Å². The number of aromatic amines is 1.